The van der Waals surface area contributed by atoms with Gasteiger partial charge in [-0.25, -0.2) is 4.98 Å². The predicted molar refractivity (Wildman–Crippen MR) is 140 cm³/mol. The largest absolute Gasteiger partial charge is 0.504 e. The van der Waals surface area contributed by atoms with E-state index in [-0.39, 0.29) is 54.5 Å². The Balaban J connectivity index is 0.00000126. The Hall–Kier alpha value is -2.26. The van der Waals surface area contributed by atoms with Crippen molar-refractivity contribution in [1.82, 2.24) is 20.2 Å². The zero-order valence-electron chi connectivity index (χ0n) is 20.4. The first kappa shape index (κ1) is 25.0. The number of aliphatic hydroxyl groups is 1. The number of aromatic nitrogens is 2. The summed E-state index contributed by atoms with van der Waals surface area (Å²) >= 11 is 0. The van der Waals surface area contributed by atoms with E-state index in [0.717, 1.165) is 43.8 Å². The number of imidazole rings is 1. The van der Waals surface area contributed by atoms with Gasteiger partial charge in [0.1, 0.15) is 17.5 Å². The summed E-state index contributed by atoms with van der Waals surface area (Å²) in [6.07, 6.45) is 10.6. The molecule has 8 nitrogen and oxygen atoms in total. The van der Waals surface area contributed by atoms with Crippen molar-refractivity contribution in [2.75, 3.05) is 13.1 Å². The zero-order valence-corrected chi connectivity index (χ0v) is 22.0. The molecule has 9 rings (SSSR count). The van der Waals surface area contributed by atoms with Gasteiger partial charge in [-0.15, -0.1) is 24.8 Å². The lowest BCUT2D eigenvalue weighted by atomic mass is 9.38. The van der Waals surface area contributed by atoms with Gasteiger partial charge in [0.05, 0.1) is 12.0 Å². The zero-order chi connectivity index (χ0) is 23.6. The van der Waals surface area contributed by atoms with Gasteiger partial charge in [0.15, 0.2) is 11.5 Å². The van der Waals surface area contributed by atoms with Crippen LogP contribution in [-0.4, -0.2) is 61.8 Å². The number of nitrogens with zero attached hydrogens (tertiary/aromatic N) is 2. The van der Waals surface area contributed by atoms with Gasteiger partial charge < -0.3 is 25.3 Å². The summed E-state index contributed by atoms with van der Waals surface area (Å²) in [7, 11) is 0. The number of aromatic amines is 1. The van der Waals surface area contributed by atoms with E-state index in [9.17, 15) is 15.0 Å². The number of fused-ring (bicyclic) bond motifs is 1. The molecular weight excluding hydrogens is 515 g/mol. The van der Waals surface area contributed by atoms with Gasteiger partial charge in [-0.1, -0.05) is 12.1 Å². The summed E-state index contributed by atoms with van der Waals surface area (Å²) in [5.41, 5.74) is 0.609. The number of hydrogen-bond acceptors (Lipinski definition) is 6. The molecular formula is C27H32Cl2N4O4. The van der Waals surface area contributed by atoms with Crippen molar-refractivity contribution in [2.45, 2.75) is 68.2 Å². The average molecular weight is 547 g/mol. The molecule has 2 spiro atoms. The number of carbonyl (C=O) groups is 1. The molecule has 198 valence electrons. The fourth-order valence-corrected chi connectivity index (χ4v) is 8.47. The fraction of sp³-hybridized carbons (Fsp3) is 0.556. The van der Waals surface area contributed by atoms with Gasteiger partial charge in [0.25, 0.3) is 0 Å². The molecule has 2 saturated carbocycles. The Morgan fingerprint density at radius 2 is 2.08 bits per heavy atom. The van der Waals surface area contributed by atoms with Crippen molar-refractivity contribution in [1.29, 1.82) is 0 Å². The van der Waals surface area contributed by atoms with E-state index < -0.39 is 17.1 Å². The van der Waals surface area contributed by atoms with Crippen LogP contribution in [0.15, 0.2) is 36.2 Å². The first-order valence-electron chi connectivity index (χ1n) is 12.9. The maximum Gasteiger partial charge on any atom is 0.250 e. The third-order valence-electron chi connectivity index (χ3n) is 10.1. The summed E-state index contributed by atoms with van der Waals surface area (Å²) in [4.78, 5) is 23.5. The Labute approximate surface area is 227 Å². The monoisotopic (exact) mass is 546 g/mol. The number of likely N-dealkylation sites (tertiary alicyclic amines) is 1. The second kappa shape index (κ2) is 8.12. The minimum atomic E-state index is -1.40. The third-order valence-corrected chi connectivity index (χ3v) is 10.1. The summed E-state index contributed by atoms with van der Waals surface area (Å²) in [6.45, 7) is 2.33. The van der Waals surface area contributed by atoms with Gasteiger partial charge >= 0.3 is 0 Å². The van der Waals surface area contributed by atoms with Crippen molar-refractivity contribution >= 4 is 30.7 Å². The van der Waals surface area contributed by atoms with E-state index in [4.69, 9.17) is 4.74 Å². The number of aromatic hydroxyl groups is 1. The molecule has 1 amide bonds. The van der Waals surface area contributed by atoms with Crippen LogP contribution in [0.4, 0.5) is 0 Å². The number of phenols is 1. The molecule has 4 N–H and O–H groups in total. The first-order chi connectivity index (χ1) is 17.0. The average Bonchev–Trinajstić information content (AvgIpc) is 3.35. The molecule has 37 heavy (non-hydrogen) atoms. The molecule has 2 aromatic rings. The minimum Gasteiger partial charge on any atom is -0.504 e. The number of hydrogen-bond donors (Lipinski definition) is 4. The van der Waals surface area contributed by atoms with Crippen LogP contribution in [0.3, 0.4) is 0 Å². The van der Waals surface area contributed by atoms with Crippen LogP contribution < -0.4 is 10.1 Å². The van der Waals surface area contributed by atoms with E-state index in [1.807, 2.05) is 0 Å². The van der Waals surface area contributed by atoms with Crippen LogP contribution in [0, 0.1) is 11.3 Å². The molecule has 1 saturated heterocycles. The number of nitrogens with one attached hydrogen (secondary N) is 2. The van der Waals surface area contributed by atoms with E-state index in [2.05, 4.69) is 32.3 Å². The topological polar surface area (TPSA) is 111 Å². The van der Waals surface area contributed by atoms with Crippen LogP contribution in [0.1, 0.15) is 49.1 Å². The minimum absolute atomic E-state index is 0. The first-order valence-corrected chi connectivity index (χ1v) is 12.9. The van der Waals surface area contributed by atoms with Crippen LogP contribution >= 0.6 is 24.8 Å². The number of amides is 1. The normalized spacial score (nSPS) is 36.0. The number of ether oxygens (including phenoxy) is 1. The Morgan fingerprint density at radius 1 is 1.24 bits per heavy atom. The lowest BCUT2D eigenvalue weighted by Crippen LogP contribution is -2.78. The third kappa shape index (κ3) is 2.98. The molecule has 5 aliphatic carbocycles. The van der Waals surface area contributed by atoms with Crippen molar-refractivity contribution in [3.8, 4) is 11.5 Å². The van der Waals surface area contributed by atoms with Crippen LogP contribution in [0.2, 0.25) is 0 Å². The van der Waals surface area contributed by atoms with Gasteiger partial charge in [0.2, 0.25) is 5.91 Å². The molecule has 0 radical (unpaired) electrons. The van der Waals surface area contributed by atoms with Crippen molar-refractivity contribution in [3.05, 3.63) is 53.1 Å². The number of H-pyrrole nitrogens is 1. The highest BCUT2D eigenvalue weighted by molar-refractivity contribution is 5.97. The van der Waals surface area contributed by atoms with Crippen molar-refractivity contribution in [2.24, 2.45) is 11.3 Å². The van der Waals surface area contributed by atoms with Crippen molar-refractivity contribution in [3.63, 3.8) is 0 Å². The summed E-state index contributed by atoms with van der Waals surface area (Å²) in [6, 6.07) is 4.04. The van der Waals surface area contributed by atoms with Gasteiger partial charge in [-0.05, 0) is 62.6 Å². The van der Waals surface area contributed by atoms with Gasteiger partial charge in [0, 0.05) is 41.5 Å². The standard InChI is InChI=1S/C27H30N4O4.2ClH/c32-18-4-3-16-11-19-25-5-6-27(34,17(12-25)23(33)30-13-20-28-8-9-29-20)24-26(25,21(16)22(18)35-24)7-10-31(19)14-15-1-2-15;;/h3-4,8-9,12,15,19,24,32,34H,1-2,5-7,10-11,13-14H2,(H,28,29)(H,30,33);2*1H/t19-,24-,25-,26+,27-;;/m1../s1. The fourth-order valence-electron chi connectivity index (χ4n) is 8.47. The highest BCUT2D eigenvalue weighted by Gasteiger charge is 2.78. The van der Waals surface area contributed by atoms with Gasteiger partial charge in [-0.2, -0.15) is 0 Å². The lowest BCUT2D eigenvalue weighted by Gasteiger charge is -2.70. The Kier molecular flexibility index (Phi) is 5.50. The molecule has 2 aliphatic heterocycles. The number of benzene rings is 1. The molecule has 1 aromatic carbocycles. The van der Waals surface area contributed by atoms with E-state index >= 15 is 0 Å². The summed E-state index contributed by atoms with van der Waals surface area (Å²) < 4.78 is 6.54. The summed E-state index contributed by atoms with van der Waals surface area (Å²) in [5, 5.41) is 26.0. The second-order valence-corrected chi connectivity index (χ2v) is 11.6. The van der Waals surface area contributed by atoms with Crippen LogP contribution in [0.25, 0.3) is 0 Å². The number of rotatable bonds is 5. The van der Waals surface area contributed by atoms with Crippen LogP contribution in [0.5, 0.6) is 11.5 Å². The number of carbonyl (C=O) groups excluding carboxylic acids is 1. The Bertz CT molecular complexity index is 1300. The Morgan fingerprint density at radius 3 is 2.84 bits per heavy atom. The molecule has 7 aliphatic rings. The molecule has 10 heteroatoms. The smallest absolute Gasteiger partial charge is 0.250 e. The maximum absolute atomic E-state index is 13.6. The highest BCUT2D eigenvalue weighted by atomic mass is 35.5. The van der Waals surface area contributed by atoms with E-state index in [1.54, 1.807) is 18.5 Å². The molecule has 3 fully saturated rings. The highest BCUT2D eigenvalue weighted by Crippen LogP contribution is 2.74. The molecule has 3 heterocycles. The number of halogens is 2. The predicted octanol–water partition coefficient (Wildman–Crippen LogP) is 2.77. The number of phenolic OH excluding ortho intramolecular Hbond substituents is 1. The van der Waals surface area contributed by atoms with E-state index in [1.165, 1.54) is 18.4 Å². The molecule has 5 atom stereocenters. The summed E-state index contributed by atoms with van der Waals surface area (Å²) in [5.74, 6) is 1.84. The lowest BCUT2D eigenvalue weighted by molar-refractivity contribution is -0.186. The van der Waals surface area contributed by atoms with Gasteiger partial charge in [-0.3, -0.25) is 9.69 Å². The second-order valence-electron chi connectivity index (χ2n) is 11.6. The molecule has 4 bridgehead atoms. The molecule has 0 unspecified atom stereocenters. The van der Waals surface area contributed by atoms with Crippen LogP contribution in [-0.2, 0) is 23.2 Å². The molecule has 1 aromatic heterocycles. The number of piperidine rings is 1. The maximum atomic E-state index is 13.6. The van der Waals surface area contributed by atoms with Crippen molar-refractivity contribution < 1.29 is 19.7 Å². The SMILES string of the molecule is Cl.Cl.O=C(NCc1ncc[nH]1)C1=C[C@@]23CC[C@]1(O)[C@@H]1Oc4c(O)ccc5c4[C@@]12CCN(CC1CC1)[C@@H]3C5. The quantitative estimate of drug-likeness (QED) is 0.459. The van der Waals surface area contributed by atoms with E-state index in [0.29, 0.717) is 23.6 Å².